The van der Waals surface area contributed by atoms with Crippen LogP contribution in [0.4, 0.5) is 0 Å². The standard InChI is InChI=1S/C25H24BrN3O2S/c1-3-30-22-13-9-21(10-14-22)29-24(19-6-4-5-18(2)17-19)27-28-25(29)32-16-15-31-23-11-7-20(26)8-12-23/h4-14,17H,3,15-16H2,1-2H3. The lowest BCUT2D eigenvalue weighted by molar-refractivity contribution is 0.340. The molecule has 4 rings (SSSR count). The number of benzene rings is 3. The van der Waals surface area contributed by atoms with Gasteiger partial charge in [-0.15, -0.1) is 10.2 Å². The Kier molecular flexibility index (Phi) is 7.50. The average molecular weight is 510 g/mol. The van der Waals surface area contributed by atoms with E-state index in [9.17, 15) is 0 Å². The molecule has 0 spiro atoms. The van der Waals surface area contributed by atoms with Gasteiger partial charge < -0.3 is 9.47 Å². The molecule has 0 saturated carbocycles. The number of ether oxygens (including phenoxy) is 2. The number of aryl methyl sites for hydroxylation is 1. The number of aromatic nitrogens is 3. The maximum absolute atomic E-state index is 5.86. The van der Waals surface area contributed by atoms with Crippen LogP contribution in [0.5, 0.6) is 11.5 Å². The van der Waals surface area contributed by atoms with Crippen LogP contribution in [0.3, 0.4) is 0 Å². The van der Waals surface area contributed by atoms with E-state index in [4.69, 9.17) is 9.47 Å². The first kappa shape index (κ1) is 22.4. The van der Waals surface area contributed by atoms with Crippen LogP contribution in [0.15, 0.2) is 82.4 Å². The van der Waals surface area contributed by atoms with Gasteiger partial charge in [-0.3, -0.25) is 4.57 Å². The van der Waals surface area contributed by atoms with Crippen LogP contribution in [0, 0.1) is 6.92 Å². The summed E-state index contributed by atoms with van der Waals surface area (Å²) in [5.41, 5.74) is 3.21. The first-order valence-electron chi connectivity index (χ1n) is 10.4. The first-order valence-corrected chi connectivity index (χ1v) is 12.2. The molecule has 0 aliphatic rings. The highest BCUT2D eigenvalue weighted by Gasteiger charge is 2.16. The van der Waals surface area contributed by atoms with Gasteiger partial charge in [-0.25, -0.2) is 0 Å². The first-order chi connectivity index (χ1) is 15.6. The third-order valence-corrected chi connectivity index (χ3v) is 6.13. The maximum Gasteiger partial charge on any atom is 0.196 e. The number of halogens is 1. The van der Waals surface area contributed by atoms with Gasteiger partial charge in [0.1, 0.15) is 11.5 Å². The third-order valence-electron chi connectivity index (χ3n) is 4.71. The van der Waals surface area contributed by atoms with Gasteiger partial charge in [0.2, 0.25) is 0 Å². The molecule has 4 aromatic rings. The van der Waals surface area contributed by atoms with E-state index >= 15 is 0 Å². The van der Waals surface area contributed by atoms with Gasteiger partial charge in [0, 0.05) is 21.5 Å². The molecule has 1 aromatic heterocycles. The Labute approximate surface area is 200 Å². The van der Waals surface area contributed by atoms with Gasteiger partial charge in [0.05, 0.1) is 13.2 Å². The van der Waals surface area contributed by atoms with E-state index in [1.165, 1.54) is 5.56 Å². The average Bonchev–Trinajstić information content (AvgIpc) is 3.23. The molecule has 0 aliphatic heterocycles. The highest BCUT2D eigenvalue weighted by atomic mass is 79.9. The summed E-state index contributed by atoms with van der Waals surface area (Å²) in [5.74, 6) is 3.26. The number of thioether (sulfide) groups is 1. The monoisotopic (exact) mass is 509 g/mol. The summed E-state index contributed by atoms with van der Waals surface area (Å²) in [7, 11) is 0. The van der Waals surface area contributed by atoms with Gasteiger partial charge in [0.15, 0.2) is 11.0 Å². The molecule has 0 N–H and O–H groups in total. The molecule has 0 fully saturated rings. The molecule has 1 heterocycles. The van der Waals surface area contributed by atoms with Crippen molar-refractivity contribution in [3.05, 3.63) is 82.8 Å². The zero-order valence-corrected chi connectivity index (χ0v) is 20.4. The Morgan fingerprint density at radius 2 is 1.62 bits per heavy atom. The van der Waals surface area contributed by atoms with E-state index in [0.29, 0.717) is 13.2 Å². The normalized spacial score (nSPS) is 10.8. The third kappa shape index (κ3) is 5.53. The predicted octanol–water partition coefficient (Wildman–Crippen LogP) is 6.58. The summed E-state index contributed by atoms with van der Waals surface area (Å²) in [6.45, 7) is 5.27. The van der Waals surface area contributed by atoms with Gasteiger partial charge in [0.25, 0.3) is 0 Å². The Bertz CT molecular complexity index is 1160. The predicted molar refractivity (Wildman–Crippen MR) is 133 cm³/mol. The molecular formula is C25H24BrN3O2S. The smallest absolute Gasteiger partial charge is 0.196 e. The van der Waals surface area contributed by atoms with Crippen molar-refractivity contribution in [2.75, 3.05) is 19.0 Å². The molecule has 7 heteroatoms. The second-order valence-corrected chi connectivity index (χ2v) is 9.07. The molecule has 0 unspecified atom stereocenters. The van der Waals surface area contributed by atoms with Crippen molar-refractivity contribution in [1.29, 1.82) is 0 Å². The van der Waals surface area contributed by atoms with E-state index < -0.39 is 0 Å². The molecule has 32 heavy (non-hydrogen) atoms. The molecule has 0 bridgehead atoms. The van der Waals surface area contributed by atoms with E-state index in [0.717, 1.165) is 44.0 Å². The zero-order valence-electron chi connectivity index (χ0n) is 18.0. The summed E-state index contributed by atoms with van der Waals surface area (Å²) in [6.07, 6.45) is 0. The van der Waals surface area contributed by atoms with Crippen molar-refractivity contribution in [3.8, 4) is 28.6 Å². The lowest BCUT2D eigenvalue weighted by atomic mass is 10.1. The fourth-order valence-corrected chi connectivity index (χ4v) is 4.28. The van der Waals surface area contributed by atoms with Crippen LogP contribution >= 0.6 is 27.7 Å². The second kappa shape index (κ2) is 10.7. The quantitative estimate of drug-likeness (QED) is 0.188. The Balaban J connectivity index is 1.56. The minimum absolute atomic E-state index is 0.572. The van der Waals surface area contributed by atoms with Gasteiger partial charge in [-0.2, -0.15) is 0 Å². The van der Waals surface area contributed by atoms with Crippen LogP contribution in [-0.4, -0.2) is 33.7 Å². The fourth-order valence-electron chi connectivity index (χ4n) is 3.25. The minimum Gasteiger partial charge on any atom is -0.494 e. The SMILES string of the molecule is CCOc1ccc(-n2c(SCCOc3ccc(Br)cc3)nnc2-c2cccc(C)c2)cc1. The summed E-state index contributed by atoms with van der Waals surface area (Å²) < 4.78 is 14.6. The topological polar surface area (TPSA) is 49.2 Å². The Morgan fingerprint density at radius 3 is 2.34 bits per heavy atom. The van der Waals surface area contributed by atoms with Crippen LogP contribution in [-0.2, 0) is 0 Å². The largest absolute Gasteiger partial charge is 0.494 e. The lowest BCUT2D eigenvalue weighted by Crippen LogP contribution is -2.03. The van der Waals surface area contributed by atoms with Crippen molar-refractivity contribution in [3.63, 3.8) is 0 Å². The maximum atomic E-state index is 5.86. The summed E-state index contributed by atoms with van der Waals surface area (Å²) >= 11 is 5.06. The van der Waals surface area contributed by atoms with E-state index in [-0.39, 0.29) is 0 Å². The number of hydrogen-bond acceptors (Lipinski definition) is 5. The van der Waals surface area contributed by atoms with E-state index in [1.807, 2.05) is 61.5 Å². The molecule has 0 saturated heterocycles. The molecule has 3 aromatic carbocycles. The van der Waals surface area contributed by atoms with Crippen LogP contribution in [0.2, 0.25) is 0 Å². The van der Waals surface area contributed by atoms with Crippen molar-refractivity contribution in [1.82, 2.24) is 14.8 Å². The highest BCUT2D eigenvalue weighted by molar-refractivity contribution is 9.10. The van der Waals surface area contributed by atoms with Crippen LogP contribution in [0.1, 0.15) is 12.5 Å². The van der Waals surface area contributed by atoms with E-state index in [1.54, 1.807) is 11.8 Å². The molecule has 5 nitrogen and oxygen atoms in total. The van der Waals surface area contributed by atoms with Gasteiger partial charge in [-0.05, 0) is 68.4 Å². The van der Waals surface area contributed by atoms with Crippen molar-refractivity contribution < 1.29 is 9.47 Å². The van der Waals surface area contributed by atoms with Gasteiger partial charge in [-0.1, -0.05) is 51.5 Å². The summed E-state index contributed by atoms with van der Waals surface area (Å²) in [6, 6.07) is 24.2. The van der Waals surface area contributed by atoms with E-state index in [2.05, 4.69) is 55.8 Å². The minimum atomic E-state index is 0.572. The molecular weight excluding hydrogens is 486 g/mol. The Morgan fingerprint density at radius 1 is 0.906 bits per heavy atom. The van der Waals surface area contributed by atoms with Gasteiger partial charge >= 0.3 is 0 Å². The summed E-state index contributed by atoms with van der Waals surface area (Å²) in [4.78, 5) is 0. The molecule has 0 aliphatic carbocycles. The van der Waals surface area contributed by atoms with Crippen molar-refractivity contribution in [2.45, 2.75) is 19.0 Å². The molecule has 0 atom stereocenters. The number of nitrogens with zero attached hydrogens (tertiary/aromatic N) is 3. The van der Waals surface area contributed by atoms with Crippen molar-refractivity contribution in [2.24, 2.45) is 0 Å². The fraction of sp³-hybridized carbons (Fsp3) is 0.200. The number of hydrogen-bond donors (Lipinski definition) is 0. The summed E-state index contributed by atoms with van der Waals surface area (Å²) in [5, 5.41) is 9.84. The molecule has 0 amide bonds. The Hall–Kier alpha value is -2.77. The van der Waals surface area contributed by atoms with Crippen LogP contribution in [0.25, 0.3) is 17.1 Å². The molecule has 164 valence electrons. The van der Waals surface area contributed by atoms with Crippen LogP contribution < -0.4 is 9.47 Å². The molecule has 0 radical (unpaired) electrons. The number of rotatable bonds is 9. The zero-order chi connectivity index (χ0) is 22.3. The lowest BCUT2D eigenvalue weighted by Gasteiger charge is -2.12. The van der Waals surface area contributed by atoms with Crippen molar-refractivity contribution >= 4 is 27.7 Å². The second-order valence-electron chi connectivity index (χ2n) is 7.09. The highest BCUT2D eigenvalue weighted by Crippen LogP contribution is 2.29.